The largest absolute Gasteiger partial charge is 0.346 e. The number of benzene rings is 2. The first-order chi connectivity index (χ1) is 12.7. The predicted molar refractivity (Wildman–Crippen MR) is 103 cm³/mol. The van der Waals surface area contributed by atoms with Crippen molar-refractivity contribution in [1.82, 2.24) is 14.9 Å². The quantitative estimate of drug-likeness (QED) is 0.764. The number of aromatic nitrogens is 2. The fraction of sp³-hybridized carbons (Fsp3) is 0.273. The van der Waals surface area contributed by atoms with Crippen LogP contribution < -0.4 is 0 Å². The van der Waals surface area contributed by atoms with Gasteiger partial charge >= 0.3 is 0 Å². The summed E-state index contributed by atoms with van der Waals surface area (Å²) >= 11 is 0. The molecule has 4 heteroatoms. The molecule has 4 nitrogen and oxygen atoms in total. The number of nitrogens with zero attached hydrogens (tertiary/aromatic N) is 2. The van der Waals surface area contributed by atoms with Crippen molar-refractivity contribution in [1.29, 1.82) is 0 Å². The number of likely N-dealkylation sites (tertiary alicyclic amines) is 1. The number of amides is 1. The first-order valence-corrected chi connectivity index (χ1v) is 9.17. The van der Waals surface area contributed by atoms with Gasteiger partial charge in [-0.1, -0.05) is 42.5 Å². The lowest BCUT2D eigenvalue weighted by atomic mass is 9.95. The monoisotopic (exact) mass is 345 g/mol. The number of nitrogens with one attached hydrogen (secondary N) is 1. The highest BCUT2D eigenvalue weighted by atomic mass is 16.2. The van der Waals surface area contributed by atoms with E-state index >= 15 is 0 Å². The van der Waals surface area contributed by atoms with Crippen molar-refractivity contribution in [2.45, 2.75) is 25.7 Å². The first-order valence-electron chi connectivity index (χ1n) is 9.17. The summed E-state index contributed by atoms with van der Waals surface area (Å²) in [6, 6.07) is 18.2. The Morgan fingerprint density at radius 1 is 1.00 bits per heavy atom. The van der Waals surface area contributed by atoms with Crippen molar-refractivity contribution in [3.05, 3.63) is 77.9 Å². The summed E-state index contributed by atoms with van der Waals surface area (Å²) in [4.78, 5) is 22.5. The van der Waals surface area contributed by atoms with Crippen molar-refractivity contribution in [3.63, 3.8) is 0 Å². The molecule has 1 aliphatic rings. The van der Waals surface area contributed by atoms with Gasteiger partial charge in [0.05, 0.1) is 0 Å². The summed E-state index contributed by atoms with van der Waals surface area (Å²) < 4.78 is 0. The van der Waals surface area contributed by atoms with Crippen molar-refractivity contribution in [2.75, 3.05) is 13.1 Å². The standard InChI is InChI=1S/C22H23N3O/c1-16-15-23-21(24-16)19-11-13-25(14-12-19)22(26)20-9-7-18(8-10-20)17-5-3-2-4-6-17/h2-10,15,19H,11-14H2,1H3,(H,23,24). The molecular weight excluding hydrogens is 322 g/mol. The van der Waals surface area contributed by atoms with E-state index in [0.717, 1.165) is 48.6 Å². The SMILES string of the molecule is Cc1cnc(C2CCN(C(=O)c3ccc(-c4ccccc4)cc3)CC2)[nH]1. The summed E-state index contributed by atoms with van der Waals surface area (Å²) in [5.41, 5.74) is 4.16. The Balaban J connectivity index is 1.40. The van der Waals surface area contributed by atoms with Crippen LogP contribution in [0.3, 0.4) is 0 Å². The predicted octanol–water partition coefficient (Wildman–Crippen LogP) is 4.40. The normalized spacial score (nSPS) is 15.2. The van der Waals surface area contributed by atoms with Gasteiger partial charge in [-0.15, -0.1) is 0 Å². The highest BCUT2D eigenvalue weighted by Gasteiger charge is 2.26. The van der Waals surface area contributed by atoms with Crippen LogP contribution in [0.15, 0.2) is 60.8 Å². The van der Waals surface area contributed by atoms with E-state index < -0.39 is 0 Å². The van der Waals surface area contributed by atoms with Crippen molar-refractivity contribution in [3.8, 4) is 11.1 Å². The molecule has 132 valence electrons. The maximum atomic E-state index is 12.8. The number of aryl methyl sites for hydroxylation is 1. The van der Waals surface area contributed by atoms with Crippen LogP contribution in [-0.4, -0.2) is 33.9 Å². The highest BCUT2D eigenvalue weighted by Crippen LogP contribution is 2.27. The number of hydrogen-bond acceptors (Lipinski definition) is 2. The van der Waals surface area contributed by atoms with Crippen LogP contribution in [0.2, 0.25) is 0 Å². The third kappa shape index (κ3) is 3.40. The minimum absolute atomic E-state index is 0.124. The summed E-state index contributed by atoms with van der Waals surface area (Å²) in [5.74, 6) is 1.61. The highest BCUT2D eigenvalue weighted by molar-refractivity contribution is 5.94. The number of piperidine rings is 1. The van der Waals surface area contributed by atoms with Gasteiger partial charge in [-0.3, -0.25) is 4.79 Å². The Bertz CT molecular complexity index is 875. The molecule has 0 bridgehead atoms. The Kier molecular flexibility index (Phi) is 4.57. The van der Waals surface area contributed by atoms with Gasteiger partial charge in [0.1, 0.15) is 5.82 Å². The molecule has 0 atom stereocenters. The number of rotatable bonds is 3. The molecule has 26 heavy (non-hydrogen) atoms. The Hall–Kier alpha value is -2.88. The number of carbonyl (C=O) groups excluding carboxylic acids is 1. The molecule has 3 aromatic rings. The zero-order chi connectivity index (χ0) is 17.9. The van der Waals surface area contributed by atoms with E-state index in [1.54, 1.807) is 0 Å². The summed E-state index contributed by atoms with van der Waals surface area (Å²) in [5, 5.41) is 0. The molecule has 2 aromatic carbocycles. The maximum Gasteiger partial charge on any atom is 0.253 e. The zero-order valence-corrected chi connectivity index (χ0v) is 15.0. The average molecular weight is 345 g/mol. The molecule has 0 radical (unpaired) electrons. The Morgan fingerprint density at radius 2 is 1.65 bits per heavy atom. The van der Waals surface area contributed by atoms with Gasteiger partial charge in [0, 0.05) is 36.5 Å². The lowest BCUT2D eigenvalue weighted by Gasteiger charge is -2.31. The molecule has 1 fully saturated rings. The third-order valence-corrected chi connectivity index (χ3v) is 5.13. The maximum absolute atomic E-state index is 12.8. The first kappa shape index (κ1) is 16.6. The molecule has 0 aliphatic carbocycles. The summed E-state index contributed by atoms with van der Waals surface area (Å²) in [7, 11) is 0. The van der Waals surface area contributed by atoms with E-state index in [-0.39, 0.29) is 5.91 Å². The van der Waals surface area contributed by atoms with Crippen molar-refractivity contribution in [2.24, 2.45) is 0 Å². The molecule has 0 unspecified atom stereocenters. The Morgan fingerprint density at radius 3 is 2.27 bits per heavy atom. The molecule has 1 aromatic heterocycles. The fourth-order valence-electron chi connectivity index (χ4n) is 3.61. The lowest BCUT2D eigenvalue weighted by molar-refractivity contribution is 0.0711. The molecule has 0 saturated carbocycles. The molecule has 1 amide bonds. The van der Waals surface area contributed by atoms with Gasteiger partial charge in [0.25, 0.3) is 5.91 Å². The van der Waals surface area contributed by atoms with Gasteiger partial charge in [0.15, 0.2) is 0 Å². The van der Waals surface area contributed by atoms with Crippen LogP contribution in [0.5, 0.6) is 0 Å². The lowest BCUT2D eigenvalue weighted by Crippen LogP contribution is -2.38. The van der Waals surface area contributed by atoms with E-state index in [4.69, 9.17) is 0 Å². The topological polar surface area (TPSA) is 49.0 Å². The smallest absolute Gasteiger partial charge is 0.253 e. The van der Waals surface area contributed by atoms with Gasteiger partial charge in [-0.2, -0.15) is 0 Å². The van der Waals surface area contributed by atoms with Crippen molar-refractivity contribution < 1.29 is 4.79 Å². The molecule has 0 spiro atoms. The zero-order valence-electron chi connectivity index (χ0n) is 15.0. The van der Waals surface area contributed by atoms with Crippen LogP contribution in [0.1, 0.15) is 40.6 Å². The second-order valence-electron chi connectivity index (χ2n) is 6.96. The second kappa shape index (κ2) is 7.16. The van der Waals surface area contributed by atoms with Crippen molar-refractivity contribution >= 4 is 5.91 Å². The fourth-order valence-corrected chi connectivity index (χ4v) is 3.61. The number of hydrogen-bond donors (Lipinski definition) is 1. The van der Waals surface area contributed by atoms with Crippen LogP contribution in [0, 0.1) is 6.92 Å². The van der Waals surface area contributed by atoms with Crippen LogP contribution in [0.25, 0.3) is 11.1 Å². The van der Waals surface area contributed by atoms with Crippen LogP contribution in [-0.2, 0) is 0 Å². The molecule has 1 aliphatic heterocycles. The van der Waals surface area contributed by atoms with E-state index in [9.17, 15) is 4.79 Å². The molecule has 1 saturated heterocycles. The van der Waals surface area contributed by atoms with Gasteiger partial charge < -0.3 is 9.88 Å². The minimum Gasteiger partial charge on any atom is -0.346 e. The van der Waals surface area contributed by atoms with E-state index in [1.807, 2.05) is 60.5 Å². The third-order valence-electron chi connectivity index (χ3n) is 5.13. The molecule has 4 rings (SSSR count). The van der Waals surface area contributed by atoms with E-state index in [0.29, 0.717) is 5.92 Å². The Labute approximate surface area is 153 Å². The number of aromatic amines is 1. The molecule has 1 N–H and O–H groups in total. The molecule has 2 heterocycles. The summed E-state index contributed by atoms with van der Waals surface area (Å²) in [6.45, 7) is 3.58. The van der Waals surface area contributed by atoms with Gasteiger partial charge in [-0.05, 0) is 43.0 Å². The van der Waals surface area contributed by atoms with Gasteiger partial charge in [-0.25, -0.2) is 4.98 Å². The summed E-state index contributed by atoms with van der Waals surface area (Å²) in [6.07, 6.45) is 3.79. The van der Waals surface area contributed by atoms with E-state index in [1.165, 1.54) is 5.56 Å². The van der Waals surface area contributed by atoms with E-state index in [2.05, 4.69) is 22.1 Å². The van der Waals surface area contributed by atoms with Gasteiger partial charge in [0.2, 0.25) is 0 Å². The average Bonchev–Trinajstić information content (AvgIpc) is 3.15. The second-order valence-corrected chi connectivity index (χ2v) is 6.96. The van der Waals surface area contributed by atoms with Crippen LogP contribution in [0.4, 0.5) is 0 Å². The number of H-pyrrole nitrogens is 1. The number of carbonyl (C=O) groups is 1. The number of imidazole rings is 1. The van der Waals surface area contributed by atoms with Crippen LogP contribution >= 0.6 is 0 Å². The molecular formula is C22H23N3O. The minimum atomic E-state index is 0.124.